The van der Waals surface area contributed by atoms with Crippen LogP contribution in [0.4, 0.5) is 0 Å². The Morgan fingerprint density at radius 1 is 1.55 bits per heavy atom. The van der Waals surface area contributed by atoms with Gasteiger partial charge in [0, 0.05) is 0 Å². The fourth-order valence-electron chi connectivity index (χ4n) is 1.66. The van der Waals surface area contributed by atoms with Crippen LogP contribution in [0.2, 0.25) is 0 Å². The van der Waals surface area contributed by atoms with Gasteiger partial charge >= 0.3 is 0 Å². The number of allylic oxidation sites excluding steroid dienone is 5. The maximum atomic E-state index is 3.82. The van der Waals surface area contributed by atoms with Crippen molar-refractivity contribution in [1.29, 1.82) is 0 Å². The first-order valence-corrected chi connectivity index (χ1v) is 4.27. The molecule has 0 radical (unpaired) electrons. The van der Waals surface area contributed by atoms with Gasteiger partial charge in [-0.25, -0.2) is 0 Å². The molecular weight excluding hydrogens is 132 g/mol. The van der Waals surface area contributed by atoms with Crippen molar-refractivity contribution in [1.82, 2.24) is 0 Å². The van der Waals surface area contributed by atoms with Crippen LogP contribution in [-0.2, 0) is 0 Å². The molecule has 0 aromatic heterocycles. The molecule has 0 N–H and O–H groups in total. The highest BCUT2D eigenvalue weighted by atomic mass is 14.2. The molecule has 0 aliphatic heterocycles. The Morgan fingerprint density at radius 3 is 2.82 bits per heavy atom. The Kier molecular flexibility index (Phi) is 2.70. The summed E-state index contributed by atoms with van der Waals surface area (Å²) in [5.41, 5.74) is 2.93. The quantitative estimate of drug-likeness (QED) is 0.562. The van der Waals surface area contributed by atoms with Crippen molar-refractivity contribution < 1.29 is 0 Å². The summed E-state index contributed by atoms with van der Waals surface area (Å²) in [5, 5.41) is 0. The molecule has 1 rings (SSSR count). The number of rotatable bonds is 2. The Morgan fingerprint density at radius 2 is 2.27 bits per heavy atom. The van der Waals surface area contributed by atoms with Crippen LogP contribution in [0.1, 0.15) is 26.7 Å². The highest BCUT2D eigenvalue weighted by Gasteiger charge is 2.16. The summed E-state index contributed by atoms with van der Waals surface area (Å²) in [6, 6.07) is 0. The summed E-state index contributed by atoms with van der Waals surface area (Å²) >= 11 is 0. The van der Waals surface area contributed by atoms with Gasteiger partial charge in [0.2, 0.25) is 0 Å². The molecule has 1 atom stereocenters. The van der Waals surface area contributed by atoms with Crippen LogP contribution < -0.4 is 0 Å². The molecule has 0 spiro atoms. The van der Waals surface area contributed by atoms with E-state index in [1.54, 1.807) is 0 Å². The highest BCUT2D eigenvalue weighted by Crippen LogP contribution is 2.32. The van der Waals surface area contributed by atoms with Gasteiger partial charge in [-0.2, -0.15) is 0 Å². The molecule has 0 aromatic carbocycles. The van der Waals surface area contributed by atoms with E-state index in [-0.39, 0.29) is 0 Å². The van der Waals surface area contributed by atoms with E-state index < -0.39 is 0 Å². The molecule has 1 aliphatic rings. The lowest BCUT2D eigenvalue weighted by Crippen LogP contribution is -1.88. The average Bonchev–Trinajstić information content (AvgIpc) is 2.34. The first-order chi connectivity index (χ1) is 5.29. The van der Waals surface area contributed by atoms with Crippen molar-refractivity contribution in [2.45, 2.75) is 26.7 Å². The molecule has 0 nitrogen and oxygen atoms in total. The summed E-state index contributed by atoms with van der Waals surface area (Å²) in [6.45, 7) is 8.17. The van der Waals surface area contributed by atoms with Crippen LogP contribution in [0.15, 0.2) is 36.0 Å². The van der Waals surface area contributed by atoms with Gasteiger partial charge in [-0.15, -0.1) is 0 Å². The standard InChI is InChI=1S/C11H16/c1-4-6-11-9(3)7-8-10(11)5-2/h4-6,9H,2,7-8H2,1,3H3/b6-4-/t9-/m0/s1. The van der Waals surface area contributed by atoms with E-state index >= 15 is 0 Å². The molecular formula is C11H16. The van der Waals surface area contributed by atoms with Gasteiger partial charge in [-0.3, -0.25) is 0 Å². The fourth-order valence-corrected chi connectivity index (χ4v) is 1.66. The number of hydrogen-bond donors (Lipinski definition) is 0. The third-order valence-electron chi connectivity index (χ3n) is 2.34. The van der Waals surface area contributed by atoms with Gasteiger partial charge < -0.3 is 0 Å². The topological polar surface area (TPSA) is 0 Å². The van der Waals surface area contributed by atoms with Crippen LogP contribution in [0.3, 0.4) is 0 Å². The van der Waals surface area contributed by atoms with Gasteiger partial charge in [0.1, 0.15) is 0 Å². The predicted molar refractivity (Wildman–Crippen MR) is 50.4 cm³/mol. The van der Waals surface area contributed by atoms with E-state index in [0.717, 1.165) is 5.92 Å². The Hall–Kier alpha value is -0.780. The monoisotopic (exact) mass is 148 g/mol. The zero-order valence-electron chi connectivity index (χ0n) is 7.43. The van der Waals surface area contributed by atoms with Crippen molar-refractivity contribution >= 4 is 0 Å². The molecule has 0 fully saturated rings. The third kappa shape index (κ3) is 1.62. The number of hydrogen-bond acceptors (Lipinski definition) is 0. The van der Waals surface area contributed by atoms with E-state index in [2.05, 4.69) is 32.6 Å². The zero-order chi connectivity index (χ0) is 8.27. The predicted octanol–water partition coefficient (Wildman–Crippen LogP) is 3.48. The van der Waals surface area contributed by atoms with E-state index in [4.69, 9.17) is 0 Å². The van der Waals surface area contributed by atoms with Crippen molar-refractivity contribution in [3.05, 3.63) is 36.0 Å². The minimum Gasteiger partial charge on any atom is -0.0988 e. The van der Waals surface area contributed by atoms with Crippen molar-refractivity contribution in [2.24, 2.45) is 5.92 Å². The molecule has 0 amide bonds. The van der Waals surface area contributed by atoms with Gasteiger partial charge in [0.05, 0.1) is 0 Å². The smallest absolute Gasteiger partial charge is 0.0185 e. The Labute approximate surface area is 69.3 Å². The minimum absolute atomic E-state index is 0.735. The normalized spacial score (nSPS) is 25.1. The molecule has 0 heteroatoms. The molecule has 0 saturated carbocycles. The average molecular weight is 148 g/mol. The van der Waals surface area contributed by atoms with Crippen LogP contribution in [0, 0.1) is 5.92 Å². The van der Waals surface area contributed by atoms with Gasteiger partial charge in [0.25, 0.3) is 0 Å². The fraction of sp³-hybridized carbons (Fsp3) is 0.455. The second-order valence-corrected chi connectivity index (χ2v) is 3.12. The summed E-state index contributed by atoms with van der Waals surface area (Å²) in [7, 11) is 0. The van der Waals surface area contributed by atoms with Crippen molar-refractivity contribution in [2.75, 3.05) is 0 Å². The zero-order valence-corrected chi connectivity index (χ0v) is 7.43. The second-order valence-electron chi connectivity index (χ2n) is 3.12. The molecule has 0 heterocycles. The summed E-state index contributed by atoms with van der Waals surface area (Å²) < 4.78 is 0. The molecule has 0 saturated heterocycles. The second kappa shape index (κ2) is 3.56. The Balaban J connectivity index is 2.89. The molecule has 60 valence electrons. The highest BCUT2D eigenvalue weighted by molar-refractivity contribution is 5.37. The van der Waals surface area contributed by atoms with Crippen LogP contribution >= 0.6 is 0 Å². The first kappa shape index (κ1) is 8.32. The van der Waals surface area contributed by atoms with Crippen molar-refractivity contribution in [3.8, 4) is 0 Å². The van der Waals surface area contributed by atoms with Crippen LogP contribution in [0.5, 0.6) is 0 Å². The SMILES string of the molecule is C=CC1=C(/C=C\C)[C@@H](C)CC1. The van der Waals surface area contributed by atoms with Gasteiger partial charge in [-0.1, -0.05) is 31.7 Å². The van der Waals surface area contributed by atoms with Crippen LogP contribution in [0.25, 0.3) is 0 Å². The summed E-state index contributed by atoms with van der Waals surface area (Å²) in [4.78, 5) is 0. The van der Waals surface area contributed by atoms with Gasteiger partial charge in [-0.05, 0) is 36.8 Å². The molecule has 1 aliphatic carbocycles. The molecule has 0 aromatic rings. The Bertz CT molecular complexity index is 206. The maximum Gasteiger partial charge on any atom is -0.0185 e. The van der Waals surface area contributed by atoms with E-state index in [1.165, 1.54) is 24.0 Å². The molecule has 11 heavy (non-hydrogen) atoms. The maximum absolute atomic E-state index is 3.82. The molecule has 0 unspecified atom stereocenters. The van der Waals surface area contributed by atoms with E-state index in [9.17, 15) is 0 Å². The van der Waals surface area contributed by atoms with Crippen LogP contribution in [-0.4, -0.2) is 0 Å². The first-order valence-electron chi connectivity index (χ1n) is 4.27. The lowest BCUT2D eigenvalue weighted by molar-refractivity contribution is 0.680. The lowest BCUT2D eigenvalue weighted by atomic mass is 10.0. The lowest BCUT2D eigenvalue weighted by Gasteiger charge is -2.02. The van der Waals surface area contributed by atoms with Gasteiger partial charge in [0.15, 0.2) is 0 Å². The summed E-state index contributed by atoms with van der Waals surface area (Å²) in [6.07, 6.45) is 8.83. The summed E-state index contributed by atoms with van der Waals surface area (Å²) in [5.74, 6) is 0.735. The molecule has 0 bridgehead atoms. The largest absolute Gasteiger partial charge is 0.0988 e. The third-order valence-corrected chi connectivity index (χ3v) is 2.34. The van der Waals surface area contributed by atoms with Crippen molar-refractivity contribution in [3.63, 3.8) is 0 Å². The van der Waals surface area contributed by atoms with E-state index in [1.807, 2.05) is 6.08 Å². The minimum atomic E-state index is 0.735. The van der Waals surface area contributed by atoms with E-state index in [0.29, 0.717) is 0 Å².